The molecule has 0 saturated carbocycles. The minimum absolute atomic E-state index is 0.0238. The number of nitrogens with zero attached hydrogens (tertiary/aromatic N) is 3. The number of hydrogen-bond acceptors (Lipinski definition) is 17. The van der Waals surface area contributed by atoms with Crippen molar-refractivity contribution in [3.05, 3.63) is 52.1 Å². The molecule has 3 rings (SSSR count). The maximum atomic E-state index is 13.7. The molecule has 6 amide bonds. The van der Waals surface area contributed by atoms with Crippen LogP contribution in [0.5, 0.6) is 0 Å². The Kier molecular flexibility index (Phi) is 20.0. The number of hydrogen-bond donors (Lipinski definition) is 14. The van der Waals surface area contributed by atoms with Crippen LogP contribution in [0.3, 0.4) is 0 Å². The molecule has 0 aliphatic rings. The molecule has 1 aromatic carbocycles. The third-order valence-corrected chi connectivity index (χ3v) is 9.19. The molecule has 0 spiro atoms. The second-order valence-electron chi connectivity index (χ2n) is 13.8. The lowest BCUT2D eigenvalue weighted by Gasteiger charge is -2.25. The molecule has 2 heterocycles. The number of aliphatic carboxylic acids is 4. The number of carbonyl (C=O) groups excluding carboxylic acids is 6. The van der Waals surface area contributed by atoms with Crippen LogP contribution in [0.25, 0.3) is 11.2 Å². The number of thiol groups is 1. The number of carboxylic acids is 4. The molecular formula is C37H46N12O15S. The summed E-state index contributed by atoms with van der Waals surface area (Å²) in [6.45, 7) is -0.599. The van der Waals surface area contributed by atoms with Gasteiger partial charge in [-0.25, -0.2) is 19.6 Å². The van der Waals surface area contributed by atoms with E-state index in [0.717, 1.165) is 0 Å². The summed E-state index contributed by atoms with van der Waals surface area (Å²) >= 11 is 3.89. The van der Waals surface area contributed by atoms with Crippen LogP contribution in [0.15, 0.2) is 35.3 Å². The fourth-order valence-electron chi connectivity index (χ4n) is 5.47. The molecule has 4 atom stereocenters. The van der Waals surface area contributed by atoms with E-state index in [2.05, 4.69) is 69.8 Å². The average Bonchev–Trinajstić information content (AvgIpc) is 3.24. The van der Waals surface area contributed by atoms with E-state index in [0.29, 0.717) is 11.4 Å². The highest BCUT2D eigenvalue weighted by atomic mass is 32.1. The quantitative estimate of drug-likeness (QED) is 0.0333. The van der Waals surface area contributed by atoms with Crippen molar-refractivity contribution < 1.29 is 68.4 Å². The Balaban J connectivity index is 1.72. The number of anilines is 2. The number of rotatable bonds is 27. The zero-order chi connectivity index (χ0) is 48.2. The van der Waals surface area contributed by atoms with E-state index in [1.54, 1.807) is 0 Å². The lowest BCUT2D eigenvalue weighted by Crippen LogP contribution is -2.57. The summed E-state index contributed by atoms with van der Waals surface area (Å²) in [4.78, 5) is 150. The van der Waals surface area contributed by atoms with Gasteiger partial charge in [-0.1, -0.05) is 0 Å². The Morgan fingerprint density at radius 2 is 1.22 bits per heavy atom. The number of fused-ring (bicyclic) bond motifs is 1. The smallest absolute Gasteiger partial charge is 0.327 e. The number of nitrogens with two attached hydrogens (primary N) is 1. The summed E-state index contributed by atoms with van der Waals surface area (Å²) in [6, 6.07) is -1.01. The van der Waals surface area contributed by atoms with Crippen molar-refractivity contribution >= 4 is 94.7 Å². The number of nitrogens with one attached hydrogen (secondary N) is 8. The van der Waals surface area contributed by atoms with Crippen LogP contribution in [0, 0.1) is 0 Å². The average molecular weight is 931 g/mol. The third-order valence-electron chi connectivity index (χ3n) is 8.82. The molecule has 0 bridgehead atoms. The van der Waals surface area contributed by atoms with E-state index in [-0.39, 0.29) is 54.5 Å². The van der Waals surface area contributed by atoms with Gasteiger partial charge in [0, 0.05) is 42.9 Å². The van der Waals surface area contributed by atoms with Crippen molar-refractivity contribution in [3.8, 4) is 0 Å². The van der Waals surface area contributed by atoms with E-state index in [9.17, 15) is 63.0 Å². The molecule has 28 heteroatoms. The molecule has 350 valence electrons. The first-order valence-electron chi connectivity index (χ1n) is 19.4. The summed E-state index contributed by atoms with van der Waals surface area (Å²) in [5.74, 6) is -11.8. The zero-order valence-electron chi connectivity index (χ0n) is 34.1. The normalized spacial score (nSPS) is 12.6. The summed E-state index contributed by atoms with van der Waals surface area (Å²) in [5, 5.41) is 53.7. The number of aromatic amines is 1. The van der Waals surface area contributed by atoms with E-state index >= 15 is 0 Å². The fourth-order valence-corrected chi connectivity index (χ4v) is 5.71. The largest absolute Gasteiger partial charge is 0.481 e. The van der Waals surface area contributed by atoms with Gasteiger partial charge in [0.15, 0.2) is 11.2 Å². The minimum atomic E-state index is -1.86. The highest BCUT2D eigenvalue weighted by molar-refractivity contribution is 7.80. The minimum Gasteiger partial charge on any atom is -0.481 e. The van der Waals surface area contributed by atoms with Crippen LogP contribution in [-0.4, -0.2) is 143 Å². The van der Waals surface area contributed by atoms with Crippen molar-refractivity contribution in [2.75, 3.05) is 29.9 Å². The summed E-state index contributed by atoms with van der Waals surface area (Å²) in [6.07, 6.45) is -2.26. The van der Waals surface area contributed by atoms with Crippen LogP contribution in [0.1, 0.15) is 61.0 Å². The first-order valence-corrected chi connectivity index (χ1v) is 20.0. The lowest BCUT2D eigenvalue weighted by molar-refractivity contribution is -0.142. The lowest BCUT2D eigenvalue weighted by atomic mass is 10.1. The highest BCUT2D eigenvalue weighted by Crippen LogP contribution is 2.13. The Labute approximate surface area is 371 Å². The SMILES string of the molecule is Nc1nc2ncc(CNc3ccc(C(=O)NC(CC(=O)NC(CCNC(=O)CCC(=O)O)C(=O)NC(CCNC(=O)CCC(=O)O)C(=O)NC(CS)C(=O)O)C(=O)O)cc3)nc2c(=O)[nH]1. The molecule has 0 aliphatic heterocycles. The van der Waals surface area contributed by atoms with Gasteiger partial charge < -0.3 is 63.4 Å². The fraction of sp³-hybridized carbons (Fsp3) is 0.405. The molecule has 0 aliphatic carbocycles. The van der Waals surface area contributed by atoms with Crippen molar-refractivity contribution in [1.82, 2.24) is 51.8 Å². The van der Waals surface area contributed by atoms with Crippen LogP contribution in [0.4, 0.5) is 11.6 Å². The van der Waals surface area contributed by atoms with E-state index in [1.165, 1.54) is 30.5 Å². The van der Waals surface area contributed by atoms with E-state index in [4.69, 9.17) is 15.9 Å². The van der Waals surface area contributed by atoms with Crippen LogP contribution in [-0.2, 0) is 49.7 Å². The molecule has 0 radical (unpaired) electrons. The van der Waals surface area contributed by atoms with Crippen molar-refractivity contribution in [2.45, 2.75) is 75.7 Å². The van der Waals surface area contributed by atoms with Crippen LogP contribution in [0.2, 0.25) is 0 Å². The van der Waals surface area contributed by atoms with Gasteiger partial charge in [-0.15, -0.1) is 0 Å². The van der Waals surface area contributed by atoms with Crippen LogP contribution < -0.4 is 48.5 Å². The Morgan fingerprint density at radius 1 is 0.677 bits per heavy atom. The second kappa shape index (κ2) is 25.3. The summed E-state index contributed by atoms with van der Waals surface area (Å²) in [7, 11) is 0. The predicted octanol–water partition coefficient (Wildman–Crippen LogP) is -3.31. The molecule has 2 aromatic heterocycles. The van der Waals surface area contributed by atoms with Gasteiger partial charge in [0.05, 0.1) is 37.7 Å². The number of carboxylic acid groups (broad SMARTS) is 4. The Morgan fingerprint density at radius 3 is 1.74 bits per heavy atom. The number of benzene rings is 1. The number of aromatic nitrogens is 4. The maximum absolute atomic E-state index is 13.7. The predicted molar refractivity (Wildman–Crippen MR) is 226 cm³/mol. The Hall–Kier alpha value is -7.91. The second-order valence-corrected chi connectivity index (χ2v) is 14.2. The zero-order valence-corrected chi connectivity index (χ0v) is 35.0. The van der Waals surface area contributed by atoms with Gasteiger partial charge >= 0.3 is 23.9 Å². The molecule has 0 saturated heterocycles. The van der Waals surface area contributed by atoms with Gasteiger partial charge in [0.25, 0.3) is 11.5 Å². The molecular weight excluding hydrogens is 885 g/mol. The standard InChI is InChI=1S/C37H46N12O15S/c38-37-48-30-29(34(60)49-37)43-19(15-42-30)14-41-18-3-1-17(2-4-18)31(57)46-22(35(61)62)13-26(52)44-20(9-11-39-24(50)5-7-27(53)54)32(58)45-21(33(59)47-23(16-65)36(63)64)10-12-40-25(51)6-8-28(55)56/h1-4,15,20-23,41,65H,5-14,16H2,(H,39,50)(H,40,51)(H,44,52)(H,45,58)(H,46,57)(H,47,59)(H,53,54)(H,55,56)(H,61,62)(H,63,64)(H3,38,42,48,49,60). The molecule has 3 aromatic rings. The molecule has 4 unspecified atom stereocenters. The Bertz CT molecular complexity index is 2330. The number of nitrogen functional groups attached to an aromatic ring is 1. The monoisotopic (exact) mass is 930 g/mol. The third kappa shape index (κ3) is 17.8. The van der Waals surface area contributed by atoms with Gasteiger partial charge in [-0.3, -0.25) is 48.1 Å². The van der Waals surface area contributed by atoms with Gasteiger partial charge in [-0.05, 0) is 37.1 Å². The highest BCUT2D eigenvalue weighted by Gasteiger charge is 2.31. The molecule has 0 fully saturated rings. The van der Waals surface area contributed by atoms with E-state index < -0.39 is 128 Å². The summed E-state index contributed by atoms with van der Waals surface area (Å²) in [5.41, 5.74) is 5.77. The van der Waals surface area contributed by atoms with Gasteiger partial charge in [0.1, 0.15) is 24.2 Å². The first kappa shape index (κ1) is 51.4. The first-order chi connectivity index (χ1) is 30.8. The molecule has 27 nitrogen and oxygen atoms in total. The topological polar surface area (TPSA) is 433 Å². The van der Waals surface area contributed by atoms with Crippen molar-refractivity contribution in [3.63, 3.8) is 0 Å². The number of H-pyrrole nitrogens is 1. The molecule has 14 N–H and O–H groups in total. The molecule has 65 heavy (non-hydrogen) atoms. The summed E-state index contributed by atoms with van der Waals surface area (Å²) < 4.78 is 0. The number of carbonyl (C=O) groups is 10. The van der Waals surface area contributed by atoms with E-state index in [1.807, 2.05) is 0 Å². The van der Waals surface area contributed by atoms with Gasteiger partial charge in [-0.2, -0.15) is 17.6 Å². The number of amides is 6. The van der Waals surface area contributed by atoms with Crippen LogP contribution >= 0.6 is 12.6 Å². The van der Waals surface area contributed by atoms with Crippen molar-refractivity contribution in [1.29, 1.82) is 0 Å². The van der Waals surface area contributed by atoms with Gasteiger partial charge in [0.2, 0.25) is 35.5 Å². The maximum Gasteiger partial charge on any atom is 0.327 e. The van der Waals surface area contributed by atoms with Crippen molar-refractivity contribution in [2.24, 2.45) is 0 Å².